The zero-order chi connectivity index (χ0) is 27.7. The monoisotopic (exact) mass is 527 g/mol. The van der Waals surface area contributed by atoms with E-state index in [2.05, 4.69) is 53.4 Å². The normalized spacial score (nSPS) is 16.1. The number of benzene rings is 3. The van der Waals surface area contributed by atoms with E-state index in [0.29, 0.717) is 18.4 Å². The maximum absolute atomic E-state index is 12.8. The van der Waals surface area contributed by atoms with Crippen molar-refractivity contribution < 1.29 is 19.1 Å². The minimum atomic E-state index is -0.700. The molecule has 1 aliphatic heterocycles. The van der Waals surface area contributed by atoms with Gasteiger partial charge in [0, 0.05) is 25.1 Å². The zero-order valence-corrected chi connectivity index (χ0v) is 23.5. The molecule has 5 nitrogen and oxygen atoms in total. The number of carbonyl (C=O) groups excluding carboxylic acids is 2. The zero-order valence-electron chi connectivity index (χ0n) is 23.5. The van der Waals surface area contributed by atoms with Crippen LogP contribution in [0.4, 0.5) is 0 Å². The third kappa shape index (κ3) is 7.23. The first-order valence-electron chi connectivity index (χ1n) is 14.1. The van der Waals surface area contributed by atoms with Gasteiger partial charge in [-0.2, -0.15) is 0 Å². The second kappa shape index (κ2) is 13.7. The number of esters is 1. The molecule has 1 aliphatic rings. The number of piperidine rings is 1. The van der Waals surface area contributed by atoms with Gasteiger partial charge in [-0.15, -0.1) is 0 Å². The summed E-state index contributed by atoms with van der Waals surface area (Å²) in [5.74, 6) is -0.112. The summed E-state index contributed by atoms with van der Waals surface area (Å²) in [4.78, 5) is 27.5. The smallest absolute Gasteiger partial charge is 0.315 e. The highest BCUT2D eigenvalue weighted by molar-refractivity contribution is 5.96. The third-order valence-corrected chi connectivity index (χ3v) is 8.13. The van der Waals surface area contributed by atoms with E-state index in [1.165, 1.54) is 18.2 Å². The van der Waals surface area contributed by atoms with E-state index < -0.39 is 5.41 Å². The van der Waals surface area contributed by atoms with Crippen LogP contribution in [0.1, 0.15) is 79.1 Å². The predicted molar refractivity (Wildman–Crippen MR) is 155 cm³/mol. The summed E-state index contributed by atoms with van der Waals surface area (Å²) in [6.45, 7) is 6.72. The number of hydrogen-bond acceptors (Lipinski definition) is 5. The molecule has 0 bridgehead atoms. The Morgan fingerprint density at radius 1 is 0.897 bits per heavy atom. The number of methoxy groups -OCH3 is 1. The highest BCUT2D eigenvalue weighted by atomic mass is 16.5. The molecule has 0 aliphatic carbocycles. The molecular weight excluding hydrogens is 486 g/mol. The Morgan fingerprint density at radius 3 is 1.97 bits per heavy atom. The Morgan fingerprint density at radius 2 is 1.46 bits per heavy atom. The van der Waals surface area contributed by atoms with Crippen LogP contribution in [0, 0.1) is 0 Å². The minimum absolute atomic E-state index is 0.0595. The van der Waals surface area contributed by atoms with Crippen LogP contribution in [0.5, 0.6) is 0 Å². The fraction of sp³-hybridized carbons (Fsp3) is 0.412. The highest BCUT2D eigenvalue weighted by Crippen LogP contribution is 2.31. The maximum Gasteiger partial charge on any atom is 0.315 e. The molecule has 1 atom stereocenters. The minimum Gasteiger partial charge on any atom is -0.468 e. The molecule has 39 heavy (non-hydrogen) atoms. The van der Waals surface area contributed by atoms with Crippen molar-refractivity contribution in [1.82, 2.24) is 4.90 Å². The molecule has 1 fully saturated rings. The van der Waals surface area contributed by atoms with Gasteiger partial charge in [-0.25, -0.2) is 0 Å². The van der Waals surface area contributed by atoms with Crippen molar-refractivity contribution in [3.05, 3.63) is 107 Å². The molecule has 0 aromatic heterocycles. The van der Waals surface area contributed by atoms with Crippen LogP contribution in [0.2, 0.25) is 0 Å². The van der Waals surface area contributed by atoms with E-state index >= 15 is 0 Å². The van der Waals surface area contributed by atoms with Crippen molar-refractivity contribution in [3.8, 4) is 0 Å². The number of carbonyl (C=O) groups is 2. The molecule has 0 saturated carbocycles. The molecular formula is C34H41NO4. The van der Waals surface area contributed by atoms with Crippen molar-refractivity contribution in [1.29, 1.82) is 0 Å². The quantitative estimate of drug-likeness (QED) is 0.192. The van der Waals surface area contributed by atoms with Gasteiger partial charge >= 0.3 is 5.97 Å². The van der Waals surface area contributed by atoms with Crippen LogP contribution >= 0.6 is 0 Å². The van der Waals surface area contributed by atoms with Crippen molar-refractivity contribution in [2.45, 2.75) is 63.6 Å². The van der Waals surface area contributed by atoms with Crippen LogP contribution in [0.15, 0.2) is 84.9 Å². The molecule has 0 radical (unpaired) electrons. The van der Waals surface area contributed by atoms with Gasteiger partial charge in [0.25, 0.3) is 0 Å². The van der Waals surface area contributed by atoms with Gasteiger partial charge in [0.2, 0.25) is 0 Å². The first-order chi connectivity index (χ1) is 18.9. The first kappa shape index (κ1) is 28.7. The second-order valence-corrected chi connectivity index (χ2v) is 10.7. The number of ketones is 1. The molecule has 4 rings (SSSR count). The Balaban J connectivity index is 1.24. The molecule has 5 heteroatoms. The van der Waals surface area contributed by atoms with E-state index in [-0.39, 0.29) is 24.0 Å². The average molecular weight is 528 g/mol. The second-order valence-electron chi connectivity index (χ2n) is 10.7. The standard InChI is InChI=1S/C34H41NO4/c1-4-34(2,33(37)38-3)29-19-17-26(18-20-29)31(36)16-11-23-35-24-21-30(22-25-35)39-32(27-12-7-5-8-13-27)28-14-9-6-10-15-28/h5-10,12-15,17-20,30,32H,4,11,16,21-25H2,1-3H3. The predicted octanol–water partition coefficient (Wildman–Crippen LogP) is 6.76. The largest absolute Gasteiger partial charge is 0.468 e. The number of nitrogens with zero attached hydrogens (tertiary/aromatic N) is 1. The SMILES string of the molecule is CCC(C)(C(=O)OC)c1ccc(C(=O)CCCN2CCC(OC(c3ccccc3)c3ccccc3)CC2)cc1. The fourth-order valence-corrected chi connectivity index (χ4v) is 5.39. The van der Waals surface area contributed by atoms with Crippen LogP contribution in [-0.2, 0) is 19.7 Å². The molecule has 1 heterocycles. The van der Waals surface area contributed by atoms with Gasteiger partial charge in [-0.05, 0) is 55.8 Å². The van der Waals surface area contributed by atoms with E-state index in [4.69, 9.17) is 9.47 Å². The lowest BCUT2D eigenvalue weighted by Gasteiger charge is -2.34. The Kier molecular flexibility index (Phi) is 10.1. The Bertz CT molecular complexity index is 1150. The van der Waals surface area contributed by atoms with Crippen LogP contribution in [0.25, 0.3) is 0 Å². The van der Waals surface area contributed by atoms with Crippen LogP contribution in [-0.4, -0.2) is 49.5 Å². The Labute approximate surface area is 233 Å². The number of ether oxygens (including phenoxy) is 2. The molecule has 1 saturated heterocycles. The lowest BCUT2D eigenvalue weighted by Crippen LogP contribution is -2.38. The molecule has 1 unspecified atom stereocenters. The molecule has 206 valence electrons. The summed E-state index contributed by atoms with van der Waals surface area (Å²) in [5.41, 5.74) is 3.24. The van der Waals surface area contributed by atoms with Gasteiger partial charge < -0.3 is 14.4 Å². The number of hydrogen-bond donors (Lipinski definition) is 0. The van der Waals surface area contributed by atoms with E-state index in [1.54, 1.807) is 0 Å². The number of rotatable bonds is 12. The van der Waals surface area contributed by atoms with Crippen molar-refractivity contribution in [2.75, 3.05) is 26.7 Å². The van der Waals surface area contributed by atoms with Crippen molar-refractivity contribution in [2.24, 2.45) is 0 Å². The molecule has 3 aromatic carbocycles. The lowest BCUT2D eigenvalue weighted by molar-refractivity contribution is -0.147. The third-order valence-electron chi connectivity index (χ3n) is 8.13. The molecule has 3 aromatic rings. The van der Waals surface area contributed by atoms with E-state index in [9.17, 15) is 9.59 Å². The van der Waals surface area contributed by atoms with E-state index in [1.807, 2.05) is 50.2 Å². The van der Waals surface area contributed by atoms with Crippen molar-refractivity contribution in [3.63, 3.8) is 0 Å². The maximum atomic E-state index is 12.8. The van der Waals surface area contributed by atoms with Gasteiger partial charge in [-0.1, -0.05) is 91.9 Å². The van der Waals surface area contributed by atoms with Gasteiger partial charge in [0.15, 0.2) is 5.78 Å². The van der Waals surface area contributed by atoms with Crippen LogP contribution < -0.4 is 0 Å². The topological polar surface area (TPSA) is 55.8 Å². The molecule has 0 N–H and O–H groups in total. The summed E-state index contributed by atoms with van der Waals surface area (Å²) in [6, 6.07) is 28.3. The summed E-state index contributed by atoms with van der Waals surface area (Å²) < 4.78 is 11.7. The van der Waals surface area contributed by atoms with Crippen LogP contribution in [0.3, 0.4) is 0 Å². The Hall–Kier alpha value is -3.28. The summed E-state index contributed by atoms with van der Waals surface area (Å²) >= 11 is 0. The molecule has 0 amide bonds. The summed E-state index contributed by atoms with van der Waals surface area (Å²) in [7, 11) is 1.41. The summed E-state index contributed by atoms with van der Waals surface area (Å²) in [6.07, 6.45) is 4.11. The van der Waals surface area contributed by atoms with Gasteiger partial charge in [0.1, 0.15) is 6.10 Å². The first-order valence-corrected chi connectivity index (χ1v) is 14.1. The van der Waals surface area contributed by atoms with Crippen molar-refractivity contribution >= 4 is 11.8 Å². The molecule has 0 spiro atoms. The lowest BCUT2D eigenvalue weighted by atomic mass is 9.79. The number of Topliss-reactive ketones (excluding diaryl/α,β-unsaturated/α-hetero) is 1. The average Bonchev–Trinajstić information content (AvgIpc) is 3.00. The fourth-order valence-electron chi connectivity index (χ4n) is 5.39. The highest BCUT2D eigenvalue weighted by Gasteiger charge is 2.34. The summed E-state index contributed by atoms with van der Waals surface area (Å²) in [5, 5.41) is 0. The van der Waals surface area contributed by atoms with Gasteiger partial charge in [0.05, 0.1) is 18.6 Å². The van der Waals surface area contributed by atoms with Gasteiger partial charge in [-0.3, -0.25) is 9.59 Å². The number of likely N-dealkylation sites (tertiary alicyclic amines) is 1. The van der Waals surface area contributed by atoms with E-state index in [0.717, 1.165) is 44.5 Å².